The van der Waals surface area contributed by atoms with Crippen LogP contribution in [-0.2, 0) is 0 Å². The fourth-order valence-electron chi connectivity index (χ4n) is 1.96. The Morgan fingerprint density at radius 1 is 1.20 bits per heavy atom. The van der Waals surface area contributed by atoms with Crippen LogP contribution >= 0.6 is 0 Å². The van der Waals surface area contributed by atoms with E-state index >= 15 is 0 Å². The molecule has 3 nitrogen and oxygen atoms in total. The van der Waals surface area contributed by atoms with Crippen LogP contribution in [0.1, 0.15) is 24.8 Å². The van der Waals surface area contributed by atoms with Crippen molar-refractivity contribution < 1.29 is 9.47 Å². The van der Waals surface area contributed by atoms with Crippen LogP contribution in [0.25, 0.3) is 0 Å². The summed E-state index contributed by atoms with van der Waals surface area (Å²) in [5.41, 5.74) is 1.29. The van der Waals surface area contributed by atoms with Crippen LogP contribution in [0.15, 0.2) is 18.2 Å². The zero-order valence-corrected chi connectivity index (χ0v) is 9.62. The highest BCUT2D eigenvalue weighted by molar-refractivity contribution is 5.49. The molecule has 0 saturated heterocycles. The number of rotatable bonds is 3. The summed E-state index contributed by atoms with van der Waals surface area (Å²) in [6.07, 6.45) is 1.27. The minimum absolute atomic E-state index is 0. The number of ether oxygens (including phenoxy) is 2. The van der Waals surface area contributed by atoms with Crippen molar-refractivity contribution in [2.24, 2.45) is 5.92 Å². The van der Waals surface area contributed by atoms with Crippen molar-refractivity contribution in [2.45, 2.75) is 19.3 Å². The zero-order valence-electron chi connectivity index (χ0n) is 9.62. The van der Waals surface area contributed by atoms with Gasteiger partial charge in [-0.15, -0.1) is 0 Å². The average Bonchev–Trinajstić information content (AvgIpc) is 2.94. The molecular weight excluding hydrogens is 190 g/mol. The Morgan fingerprint density at radius 3 is 2.33 bits per heavy atom. The van der Waals surface area contributed by atoms with Gasteiger partial charge in [0.15, 0.2) is 11.5 Å². The number of methoxy groups -OCH3 is 2. The van der Waals surface area contributed by atoms with Gasteiger partial charge in [0.25, 0.3) is 0 Å². The van der Waals surface area contributed by atoms with E-state index in [4.69, 9.17) is 9.47 Å². The van der Waals surface area contributed by atoms with Gasteiger partial charge in [0.2, 0.25) is 0 Å². The van der Waals surface area contributed by atoms with Gasteiger partial charge in [-0.05, 0) is 24.3 Å². The SMILES string of the molecule is COc1cccc(C2CC2C)c1OC.N. The molecule has 3 heteroatoms. The molecule has 84 valence electrons. The van der Waals surface area contributed by atoms with Crippen molar-refractivity contribution in [3.05, 3.63) is 23.8 Å². The fourth-order valence-corrected chi connectivity index (χ4v) is 1.96. The highest BCUT2D eigenvalue weighted by atomic mass is 16.5. The molecule has 1 aromatic rings. The normalized spacial score (nSPS) is 22.9. The molecule has 0 radical (unpaired) electrons. The third kappa shape index (κ3) is 2.07. The lowest BCUT2D eigenvalue weighted by Gasteiger charge is -2.11. The monoisotopic (exact) mass is 209 g/mol. The second kappa shape index (κ2) is 4.53. The predicted octanol–water partition coefficient (Wildman–Crippen LogP) is 2.99. The Kier molecular flexibility index (Phi) is 3.58. The summed E-state index contributed by atoms with van der Waals surface area (Å²) in [4.78, 5) is 0. The summed E-state index contributed by atoms with van der Waals surface area (Å²) in [5, 5.41) is 0. The lowest BCUT2D eigenvalue weighted by atomic mass is 10.1. The van der Waals surface area contributed by atoms with Crippen molar-refractivity contribution in [3.63, 3.8) is 0 Å². The van der Waals surface area contributed by atoms with Gasteiger partial charge < -0.3 is 15.6 Å². The van der Waals surface area contributed by atoms with Crippen LogP contribution in [0, 0.1) is 5.92 Å². The molecule has 0 spiro atoms. The van der Waals surface area contributed by atoms with E-state index < -0.39 is 0 Å². The topological polar surface area (TPSA) is 53.5 Å². The second-order valence-corrected chi connectivity index (χ2v) is 3.90. The molecule has 0 bridgehead atoms. The van der Waals surface area contributed by atoms with E-state index in [1.54, 1.807) is 14.2 Å². The second-order valence-electron chi connectivity index (χ2n) is 3.90. The minimum Gasteiger partial charge on any atom is -0.493 e. The maximum atomic E-state index is 5.39. The molecule has 1 aliphatic rings. The summed E-state index contributed by atoms with van der Waals surface area (Å²) in [7, 11) is 3.38. The lowest BCUT2D eigenvalue weighted by molar-refractivity contribution is 0.351. The molecular formula is C12H19NO2. The molecule has 0 aromatic heterocycles. The van der Waals surface area contributed by atoms with Crippen LogP contribution < -0.4 is 15.6 Å². The Morgan fingerprint density at radius 2 is 1.87 bits per heavy atom. The van der Waals surface area contributed by atoms with Crippen LogP contribution in [0.2, 0.25) is 0 Å². The van der Waals surface area contributed by atoms with Gasteiger partial charge in [0.05, 0.1) is 14.2 Å². The Labute approximate surface area is 91.0 Å². The quantitative estimate of drug-likeness (QED) is 0.832. The highest BCUT2D eigenvalue weighted by Crippen LogP contribution is 2.51. The van der Waals surface area contributed by atoms with E-state index in [-0.39, 0.29) is 6.15 Å². The number of hydrogen-bond donors (Lipinski definition) is 1. The maximum absolute atomic E-state index is 5.39. The molecule has 1 aliphatic carbocycles. The van der Waals surface area contributed by atoms with Crippen molar-refractivity contribution in [1.29, 1.82) is 0 Å². The van der Waals surface area contributed by atoms with E-state index in [0.717, 1.165) is 17.4 Å². The van der Waals surface area contributed by atoms with Gasteiger partial charge in [0.1, 0.15) is 0 Å². The smallest absolute Gasteiger partial charge is 0.164 e. The van der Waals surface area contributed by atoms with Crippen LogP contribution in [0.4, 0.5) is 0 Å². The summed E-state index contributed by atoms with van der Waals surface area (Å²) in [6.45, 7) is 2.27. The van der Waals surface area contributed by atoms with Crippen LogP contribution in [0.3, 0.4) is 0 Å². The van der Waals surface area contributed by atoms with Gasteiger partial charge >= 0.3 is 0 Å². The first-order valence-electron chi connectivity index (χ1n) is 4.98. The molecule has 2 unspecified atom stereocenters. The minimum atomic E-state index is 0. The van der Waals surface area contributed by atoms with E-state index in [0.29, 0.717) is 5.92 Å². The largest absolute Gasteiger partial charge is 0.493 e. The summed E-state index contributed by atoms with van der Waals surface area (Å²) in [5.74, 6) is 3.20. The van der Waals surface area contributed by atoms with E-state index in [2.05, 4.69) is 13.0 Å². The van der Waals surface area contributed by atoms with Gasteiger partial charge in [-0.2, -0.15) is 0 Å². The molecule has 2 atom stereocenters. The third-order valence-corrected chi connectivity index (χ3v) is 2.94. The first-order valence-corrected chi connectivity index (χ1v) is 4.98. The third-order valence-electron chi connectivity index (χ3n) is 2.94. The van der Waals surface area contributed by atoms with Crippen molar-refractivity contribution in [1.82, 2.24) is 6.15 Å². The fraction of sp³-hybridized carbons (Fsp3) is 0.500. The Balaban J connectivity index is 0.00000112. The lowest BCUT2D eigenvalue weighted by Crippen LogP contribution is -1.95. The summed E-state index contributed by atoms with van der Waals surface area (Å²) >= 11 is 0. The Bertz CT molecular complexity index is 338. The molecule has 2 rings (SSSR count). The first-order chi connectivity index (χ1) is 6.77. The molecule has 1 saturated carbocycles. The van der Waals surface area contributed by atoms with Gasteiger partial charge in [-0.1, -0.05) is 19.1 Å². The molecule has 3 N–H and O–H groups in total. The zero-order chi connectivity index (χ0) is 10.1. The van der Waals surface area contributed by atoms with E-state index in [9.17, 15) is 0 Å². The number of hydrogen-bond acceptors (Lipinski definition) is 3. The first kappa shape index (κ1) is 11.9. The number of para-hydroxylation sites is 1. The van der Waals surface area contributed by atoms with Crippen LogP contribution in [0.5, 0.6) is 11.5 Å². The van der Waals surface area contributed by atoms with Crippen molar-refractivity contribution >= 4 is 0 Å². The predicted molar refractivity (Wildman–Crippen MR) is 61.1 cm³/mol. The average molecular weight is 209 g/mol. The molecule has 0 amide bonds. The van der Waals surface area contributed by atoms with E-state index in [1.807, 2.05) is 12.1 Å². The summed E-state index contributed by atoms with van der Waals surface area (Å²) in [6, 6.07) is 6.10. The molecule has 0 aliphatic heterocycles. The molecule has 1 fully saturated rings. The highest BCUT2D eigenvalue weighted by Gasteiger charge is 2.36. The van der Waals surface area contributed by atoms with Crippen molar-refractivity contribution in [3.8, 4) is 11.5 Å². The van der Waals surface area contributed by atoms with E-state index in [1.165, 1.54) is 12.0 Å². The standard InChI is InChI=1S/C12H16O2.H3N/c1-8-7-10(8)9-5-4-6-11(13-2)12(9)14-3;/h4-6,8,10H,7H2,1-3H3;1H3. The van der Waals surface area contributed by atoms with Gasteiger partial charge in [-0.25, -0.2) is 0 Å². The van der Waals surface area contributed by atoms with Gasteiger partial charge in [-0.3, -0.25) is 0 Å². The Hall–Kier alpha value is -1.22. The number of benzene rings is 1. The summed E-state index contributed by atoms with van der Waals surface area (Å²) < 4.78 is 10.7. The van der Waals surface area contributed by atoms with Gasteiger partial charge in [0, 0.05) is 5.56 Å². The van der Waals surface area contributed by atoms with Crippen molar-refractivity contribution in [2.75, 3.05) is 14.2 Å². The molecule has 1 aromatic carbocycles. The van der Waals surface area contributed by atoms with Crippen LogP contribution in [-0.4, -0.2) is 14.2 Å². The molecule has 15 heavy (non-hydrogen) atoms. The molecule has 0 heterocycles. The maximum Gasteiger partial charge on any atom is 0.164 e.